The molecule has 1 N–H and O–H groups in total. The first-order valence-corrected chi connectivity index (χ1v) is 4.43. The van der Waals surface area contributed by atoms with Gasteiger partial charge in [0.2, 0.25) is 5.28 Å². The van der Waals surface area contributed by atoms with E-state index < -0.39 is 0 Å². The number of halogens is 2. The number of rotatable bonds is 0. The molecule has 0 radical (unpaired) electrons. The van der Waals surface area contributed by atoms with Crippen LogP contribution in [-0.2, 0) is 0 Å². The second-order valence-corrected chi connectivity index (χ2v) is 3.33. The number of nitrogens with zero attached hydrogens (tertiary/aromatic N) is 3. The summed E-state index contributed by atoms with van der Waals surface area (Å²) in [7, 11) is 0. The zero-order valence-corrected chi connectivity index (χ0v) is 8.52. The number of fused-ring (bicyclic) bond motifs is 1. The van der Waals surface area contributed by atoms with Crippen molar-refractivity contribution in [3.63, 3.8) is 0 Å². The SMILES string of the molecule is Cc1nc2c(Cl)nc(Cl)nc2c(=O)[nH]1. The Morgan fingerprint density at radius 3 is 2.57 bits per heavy atom. The minimum atomic E-state index is -0.376. The molecule has 2 aromatic heterocycles. The van der Waals surface area contributed by atoms with Crippen LogP contribution < -0.4 is 5.56 Å². The van der Waals surface area contributed by atoms with Crippen LogP contribution in [0.1, 0.15) is 5.82 Å². The molecule has 0 aliphatic carbocycles. The van der Waals surface area contributed by atoms with Crippen LogP contribution in [0.3, 0.4) is 0 Å². The van der Waals surface area contributed by atoms with Crippen molar-refractivity contribution in [3.05, 3.63) is 26.6 Å². The Kier molecular flexibility index (Phi) is 2.13. The van der Waals surface area contributed by atoms with Gasteiger partial charge in [0.25, 0.3) is 5.56 Å². The van der Waals surface area contributed by atoms with Gasteiger partial charge in [0.1, 0.15) is 11.3 Å². The number of aryl methyl sites for hydroxylation is 1. The Morgan fingerprint density at radius 1 is 1.14 bits per heavy atom. The lowest BCUT2D eigenvalue weighted by molar-refractivity contribution is 1.03. The number of hydrogen-bond acceptors (Lipinski definition) is 4. The zero-order valence-electron chi connectivity index (χ0n) is 7.01. The topological polar surface area (TPSA) is 71.5 Å². The van der Waals surface area contributed by atoms with Crippen molar-refractivity contribution in [2.24, 2.45) is 0 Å². The van der Waals surface area contributed by atoms with E-state index in [1.165, 1.54) is 0 Å². The third kappa shape index (κ3) is 1.44. The third-order valence-electron chi connectivity index (χ3n) is 1.60. The molecule has 2 aromatic rings. The summed E-state index contributed by atoms with van der Waals surface area (Å²) in [5.74, 6) is 0.454. The van der Waals surface area contributed by atoms with Gasteiger partial charge in [-0.05, 0) is 18.5 Å². The van der Waals surface area contributed by atoms with Gasteiger partial charge in [-0.15, -0.1) is 0 Å². The molecule has 72 valence electrons. The lowest BCUT2D eigenvalue weighted by atomic mass is 10.4. The van der Waals surface area contributed by atoms with Crippen LogP contribution in [0.25, 0.3) is 11.0 Å². The highest BCUT2D eigenvalue weighted by atomic mass is 35.5. The van der Waals surface area contributed by atoms with Crippen LogP contribution in [-0.4, -0.2) is 19.9 Å². The molecule has 0 saturated carbocycles. The smallest absolute Gasteiger partial charge is 0.277 e. The van der Waals surface area contributed by atoms with Gasteiger partial charge in [-0.3, -0.25) is 4.79 Å². The highest BCUT2D eigenvalue weighted by molar-refractivity contribution is 6.35. The molecule has 0 unspecified atom stereocenters. The van der Waals surface area contributed by atoms with Crippen molar-refractivity contribution in [1.29, 1.82) is 0 Å². The van der Waals surface area contributed by atoms with Crippen molar-refractivity contribution in [1.82, 2.24) is 19.9 Å². The van der Waals surface area contributed by atoms with Crippen molar-refractivity contribution in [3.8, 4) is 0 Å². The fraction of sp³-hybridized carbons (Fsp3) is 0.143. The van der Waals surface area contributed by atoms with Crippen LogP contribution in [0.4, 0.5) is 0 Å². The molecular formula is C7H4Cl2N4O. The molecule has 0 saturated heterocycles. The molecule has 0 amide bonds. The molecule has 5 nitrogen and oxygen atoms in total. The summed E-state index contributed by atoms with van der Waals surface area (Å²) < 4.78 is 0. The van der Waals surface area contributed by atoms with Crippen molar-refractivity contribution >= 4 is 34.2 Å². The number of nitrogens with one attached hydrogen (secondary N) is 1. The number of aromatic nitrogens is 4. The largest absolute Gasteiger partial charge is 0.309 e. The summed E-state index contributed by atoms with van der Waals surface area (Å²) in [5.41, 5.74) is -0.0170. The highest BCUT2D eigenvalue weighted by Crippen LogP contribution is 2.16. The monoisotopic (exact) mass is 230 g/mol. The molecule has 0 aliphatic rings. The predicted molar refractivity (Wildman–Crippen MR) is 52.7 cm³/mol. The van der Waals surface area contributed by atoms with E-state index in [9.17, 15) is 4.79 Å². The first kappa shape index (κ1) is 9.36. The third-order valence-corrected chi connectivity index (χ3v) is 2.04. The zero-order chi connectivity index (χ0) is 10.3. The molecule has 0 bridgehead atoms. The molecule has 14 heavy (non-hydrogen) atoms. The average Bonchev–Trinajstić information content (AvgIpc) is 2.07. The van der Waals surface area contributed by atoms with E-state index in [4.69, 9.17) is 23.2 Å². The summed E-state index contributed by atoms with van der Waals surface area (Å²) in [5, 5.41) is 0.00727. The fourth-order valence-electron chi connectivity index (χ4n) is 1.08. The van der Waals surface area contributed by atoms with E-state index in [-0.39, 0.29) is 27.0 Å². The number of aromatic amines is 1. The van der Waals surface area contributed by atoms with Gasteiger partial charge < -0.3 is 4.98 Å². The maximum Gasteiger partial charge on any atom is 0.277 e. The second kappa shape index (κ2) is 3.18. The maximum absolute atomic E-state index is 11.4. The molecule has 0 aliphatic heterocycles. The standard InChI is InChI=1S/C7H4Cl2N4O/c1-2-10-3-4(6(14)11-2)12-7(9)13-5(3)8/h1H3,(H,10,11,14). The second-order valence-electron chi connectivity index (χ2n) is 2.63. The molecule has 2 rings (SSSR count). The normalized spacial score (nSPS) is 10.8. The quantitative estimate of drug-likeness (QED) is 0.548. The Labute approximate surface area is 88.1 Å². The highest BCUT2D eigenvalue weighted by Gasteiger charge is 2.09. The molecular weight excluding hydrogens is 227 g/mol. The van der Waals surface area contributed by atoms with E-state index in [0.29, 0.717) is 5.82 Å². The van der Waals surface area contributed by atoms with Gasteiger partial charge in [0.05, 0.1) is 0 Å². The number of hydrogen-bond donors (Lipinski definition) is 1. The van der Waals surface area contributed by atoms with E-state index in [0.717, 1.165) is 0 Å². The maximum atomic E-state index is 11.4. The molecule has 0 aromatic carbocycles. The Hall–Kier alpha value is -1.20. The van der Waals surface area contributed by atoms with Crippen molar-refractivity contribution in [2.75, 3.05) is 0 Å². The van der Waals surface area contributed by atoms with Gasteiger partial charge >= 0.3 is 0 Å². The van der Waals surface area contributed by atoms with Gasteiger partial charge in [-0.2, -0.15) is 0 Å². The van der Waals surface area contributed by atoms with Crippen LogP contribution >= 0.6 is 23.2 Å². The minimum Gasteiger partial charge on any atom is -0.309 e. The van der Waals surface area contributed by atoms with Crippen LogP contribution in [0, 0.1) is 6.92 Å². The van der Waals surface area contributed by atoms with E-state index in [1.807, 2.05) is 0 Å². The Bertz CT molecular complexity index is 565. The van der Waals surface area contributed by atoms with E-state index >= 15 is 0 Å². The molecule has 0 atom stereocenters. The van der Waals surface area contributed by atoms with Crippen molar-refractivity contribution < 1.29 is 0 Å². The summed E-state index contributed by atoms with van der Waals surface area (Å²) in [6.07, 6.45) is 0. The summed E-state index contributed by atoms with van der Waals surface area (Å²) in [4.78, 5) is 25.3. The Balaban J connectivity index is 3.02. The molecule has 0 spiro atoms. The van der Waals surface area contributed by atoms with Crippen molar-refractivity contribution in [2.45, 2.75) is 6.92 Å². The minimum absolute atomic E-state index is 0.0707. The lowest BCUT2D eigenvalue weighted by Gasteiger charge is -1.99. The fourth-order valence-corrected chi connectivity index (χ4v) is 1.50. The van der Waals surface area contributed by atoms with Crippen LogP contribution in [0.2, 0.25) is 10.4 Å². The predicted octanol–water partition coefficient (Wildman–Crippen LogP) is 1.33. The van der Waals surface area contributed by atoms with Gasteiger partial charge in [0, 0.05) is 0 Å². The first-order chi connectivity index (χ1) is 6.58. The summed E-state index contributed by atoms with van der Waals surface area (Å²) in [6.45, 7) is 1.64. The van der Waals surface area contributed by atoms with E-state index in [1.54, 1.807) is 6.92 Å². The number of H-pyrrole nitrogens is 1. The van der Waals surface area contributed by atoms with Gasteiger partial charge in [-0.25, -0.2) is 15.0 Å². The van der Waals surface area contributed by atoms with E-state index in [2.05, 4.69) is 19.9 Å². The molecule has 2 heterocycles. The van der Waals surface area contributed by atoms with Gasteiger partial charge in [-0.1, -0.05) is 11.6 Å². The van der Waals surface area contributed by atoms with Crippen LogP contribution in [0.15, 0.2) is 4.79 Å². The summed E-state index contributed by atoms with van der Waals surface area (Å²) in [6, 6.07) is 0. The molecule has 0 fully saturated rings. The van der Waals surface area contributed by atoms with Crippen LogP contribution in [0.5, 0.6) is 0 Å². The Morgan fingerprint density at radius 2 is 1.86 bits per heavy atom. The molecule has 7 heteroatoms. The lowest BCUT2D eigenvalue weighted by Crippen LogP contribution is -2.12. The van der Waals surface area contributed by atoms with Gasteiger partial charge in [0.15, 0.2) is 10.7 Å². The first-order valence-electron chi connectivity index (χ1n) is 3.67. The summed E-state index contributed by atoms with van der Waals surface area (Å²) >= 11 is 11.3. The average molecular weight is 231 g/mol.